The minimum atomic E-state index is -0.451. The van der Waals surface area contributed by atoms with Crippen LogP contribution in [-0.2, 0) is 4.74 Å². The van der Waals surface area contributed by atoms with Crippen molar-refractivity contribution in [2.45, 2.75) is 13.8 Å². The van der Waals surface area contributed by atoms with Crippen molar-refractivity contribution in [2.75, 3.05) is 12.0 Å². The van der Waals surface area contributed by atoms with E-state index in [0.717, 1.165) is 0 Å². The van der Waals surface area contributed by atoms with Crippen LogP contribution in [0.1, 0.15) is 28.5 Å². The van der Waals surface area contributed by atoms with Gasteiger partial charge in [0.25, 0.3) is 0 Å². The van der Waals surface area contributed by atoms with Crippen molar-refractivity contribution in [3.8, 4) is 0 Å². The van der Waals surface area contributed by atoms with Crippen molar-refractivity contribution in [2.24, 2.45) is 5.10 Å². The number of carbonyl (C=O) groups is 1. The first-order valence-corrected chi connectivity index (χ1v) is 7.51. The van der Waals surface area contributed by atoms with E-state index in [2.05, 4.69) is 20.5 Å². The van der Waals surface area contributed by atoms with Crippen molar-refractivity contribution >= 4 is 41.3 Å². The summed E-state index contributed by atoms with van der Waals surface area (Å²) in [6, 6.07) is 5.08. The zero-order valence-electron chi connectivity index (χ0n) is 12.5. The molecule has 2 rings (SSSR count). The van der Waals surface area contributed by atoms with Crippen molar-refractivity contribution in [3.63, 3.8) is 0 Å². The van der Waals surface area contributed by atoms with E-state index in [4.69, 9.17) is 27.9 Å². The van der Waals surface area contributed by atoms with E-state index < -0.39 is 5.97 Å². The maximum atomic E-state index is 11.7. The van der Waals surface area contributed by atoms with Gasteiger partial charge in [0.15, 0.2) is 0 Å². The molecule has 0 unspecified atom stereocenters. The summed E-state index contributed by atoms with van der Waals surface area (Å²) in [6.45, 7) is 3.73. The Bertz CT molecular complexity index is 750. The Morgan fingerprint density at radius 1 is 1.43 bits per heavy atom. The third-order valence-electron chi connectivity index (χ3n) is 2.81. The predicted molar refractivity (Wildman–Crippen MR) is 90.4 cm³/mol. The average molecular weight is 353 g/mol. The molecule has 0 atom stereocenters. The minimum absolute atomic E-state index is 0.261. The molecule has 6 nitrogen and oxygen atoms in total. The second-order valence-corrected chi connectivity index (χ2v) is 5.29. The van der Waals surface area contributed by atoms with Crippen molar-refractivity contribution in [3.05, 3.63) is 51.3 Å². The summed E-state index contributed by atoms with van der Waals surface area (Å²) >= 11 is 11.9. The van der Waals surface area contributed by atoms with Crippen LogP contribution >= 0.6 is 23.2 Å². The fraction of sp³-hybridized carbons (Fsp3) is 0.200. The minimum Gasteiger partial charge on any atom is -0.462 e. The van der Waals surface area contributed by atoms with Crippen molar-refractivity contribution < 1.29 is 9.53 Å². The van der Waals surface area contributed by atoms with Crippen LogP contribution in [0.15, 0.2) is 29.5 Å². The molecule has 0 saturated heterocycles. The van der Waals surface area contributed by atoms with Crippen LogP contribution in [0.2, 0.25) is 10.0 Å². The second kappa shape index (κ2) is 7.89. The summed E-state index contributed by atoms with van der Waals surface area (Å²) in [7, 11) is 0. The zero-order chi connectivity index (χ0) is 16.8. The van der Waals surface area contributed by atoms with Crippen molar-refractivity contribution in [1.82, 2.24) is 9.97 Å². The first kappa shape index (κ1) is 17.2. The summed E-state index contributed by atoms with van der Waals surface area (Å²) in [5.41, 5.74) is 4.20. The Morgan fingerprint density at radius 3 is 2.87 bits per heavy atom. The summed E-state index contributed by atoms with van der Waals surface area (Å²) in [5, 5.41) is 5.04. The van der Waals surface area contributed by atoms with Crippen LogP contribution in [0.3, 0.4) is 0 Å². The molecule has 0 bridgehead atoms. The van der Waals surface area contributed by atoms with Crippen LogP contribution in [0.4, 0.5) is 5.95 Å². The van der Waals surface area contributed by atoms with E-state index in [1.807, 2.05) is 0 Å². The number of anilines is 1. The largest absolute Gasteiger partial charge is 0.462 e. The molecular weight excluding hydrogens is 339 g/mol. The van der Waals surface area contributed by atoms with Crippen LogP contribution in [0.25, 0.3) is 0 Å². The molecule has 8 heteroatoms. The SMILES string of the molecule is CCOC(=O)c1cnc(N/N=C\c2ccc(Cl)cc2Cl)nc1C. The highest BCUT2D eigenvalue weighted by Gasteiger charge is 2.12. The van der Waals surface area contributed by atoms with Gasteiger partial charge in [0, 0.05) is 16.8 Å². The molecule has 1 aromatic carbocycles. The number of ether oxygens (including phenoxy) is 1. The van der Waals surface area contributed by atoms with Gasteiger partial charge in [-0.2, -0.15) is 5.10 Å². The third kappa shape index (κ3) is 4.64. The molecule has 23 heavy (non-hydrogen) atoms. The smallest absolute Gasteiger partial charge is 0.341 e. The Hall–Kier alpha value is -2.18. The molecule has 0 aliphatic heterocycles. The number of hydrogen-bond donors (Lipinski definition) is 1. The van der Waals surface area contributed by atoms with Gasteiger partial charge >= 0.3 is 5.97 Å². The van der Waals surface area contributed by atoms with E-state index >= 15 is 0 Å². The van der Waals surface area contributed by atoms with Gasteiger partial charge in [-0.25, -0.2) is 20.2 Å². The maximum absolute atomic E-state index is 11.7. The number of nitrogens with one attached hydrogen (secondary N) is 1. The third-order valence-corrected chi connectivity index (χ3v) is 3.37. The standard InChI is InChI=1S/C15H14Cl2N4O2/c1-3-23-14(22)12-8-18-15(20-9(12)2)21-19-7-10-4-5-11(16)6-13(10)17/h4-8H,3H2,1-2H3,(H,18,20,21)/b19-7-. The first-order chi connectivity index (χ1) is 11.0. The molecule has 1 heterocycles. The van der Waals surface area contributed by atoms with Crippen LogP contribution in [0, 0.1) is 6.92 Å². The van der Waals surface area contributed by atoms with Crippen molar-refractivity contribution in [1.29, 1.82) is 0 Å². The number of aromatic nitrogens is 2. The van der Waals surface area contributed by atoms with Gasteiger partial charge in [-0.1, -0.05) is 29.3 Å². The molecule has 0 radical (unpaired) electrons. The maximum Gasteiger partial charge on any atom is 0.341 e. The van der Waals surface area contributed by atoms with Gasteiger partial charge in [-0.05, 0) is 26.0 Å². The molecule has 1 N–H and O–H groups in total. The molecule has 0 amide bonds. The summed E-state index contributed by atoms with van der Waals surface area (Å²) < 4.78 is 4.92. The zero-order valence-corrected chi connectivity index (χ0v) is 14.0. The van der Waals surface area contributed by atoms with Gasteiger partial charge in [0.2, 0.25) is 5.95 Å². The van der Waals surface area contributed by atoms with Crippen LogP contribution in [-0.4, -0.2) is 28.8 Å². The number of benzene rings is 1. The lowest BCUT2D eigenvalue weighted by Crippen LogP contribution is -2.10. The lowest BCUT2D eigenvalue weighted by molar-refractivity contribution is 0.0524. The van der Waals surface area contributed by atoms with Gasteiger partial charge in [-0.15, -0.1) is 0 Å². The summed E-state index contributed by atoms with van der Waals surface area (Å²) in [5.74, 6) is -0.190. The number of esters is 1. The fourth-order valence-corrected chi connectivity index (χ4v) is 2.15. The lowest BCUT2D eigenvalue weighted by Gasteiger charge is -2.05. The Balaban J connectivity index is 2.07. The van der Waals surface area contributed by atoms with E-state index in [-0.39, 0.29) is 5.95 Å². The van der Waals surface area contributed by atoms with Gasteiger partial charge in [-0.3, -0.25) is 0 Å². The highest BCUT2D eigenvalue weighted by molar-refractivity contribution is 6.36. The highest BCUT2D eigenvalue weighted by Crippen LogP contribution is 2.19. The Morgan fingerprint density at radius 2 is 2.22 bits per heavy atom. The predicted octanol–water partition coefficient (Wildman–Crippen LogP) is 3.71. The topological polar surface area (TPSA) is 76.5 Å². The molecule has 0 aliphatic carbocycles. The van der Waals surface area contributed by atoms with Gasteiger partial charge in [0.05, 0.1) is 29.1 Å². The van der Waals surface area contributed by atoms with Crippen LogP contribution in [0.5, 0.6) is 0 Å². The number of aryl methyl sites for hydroxylation is 1. The molecule has 0 fully saturated rings. The number of rotatable bonds is 5. The number of carbonyl (C=O) groups excluding carboxylic acids is 1. The van der Waals surface area contributed by atoms with Crippen LogP contribution < -0.4 is 5.43 Å². The monoisotopic (exact) mass is 352 g/mol. The number of hydrogen-bond acceptors (Lipinski definition) is 6. The lowest BCUT2D eigenvalue weighted by atomic mass is 10.2. The molecular formula is C15H14Cl2N4O2. The Kier molecular flexibility index (Phi) is 5.90. The molecule has 1 aromatic heterocycles. The Labute approximate surface area is 143 Å². The second-order valence-electron chi connectivity index (χ2n) is 4.45. The molecule has 2 aromatic rings. The number of halogens is 2. The van der Waals surface area contributed by atoms with E-state index in [1.165, 1.54) is 12.4 Å². The van der Waals surface area contributed by atoms with E-state index in [9.17, 15) is 4.79 Å². The first-order valence-electron chi connectivity index (χ1n) is 6.76. The fourth-order valence-electron chi connectivity index (χ4n) is 1.70. The molecule has 120 valence electrons. The van der Waals surface area contributed by atoms with E-state index in [0.29, 0.717) is 33.5 Å². The van der Waals surface area contributed by atoms with Gasteiger partial charge in [0.1, 0.15) is 0 Å². The quantitative estimate of drug-likeness (QED) is 0.504. The highest BCUT2D eigenvalue weighted by atomic mass is 35.5. The number of nitrogens with zero attached hydrogens (tertiary/aromatic N) is 3. The number of hydrazone groups is 1. The van der Waals surface area contributed by atoms with E-state index in [1.54, 1.807) is 32.0 Å². The summed E-state index contributed by atoms with van der Waals surface area (Å²) in [4.78, 5) is 19.8. The average Bonchev–Trinajstić information content (AvgIpc) is 2.50. The summed E-state index contributed by atoms with van der Waals surface area (Å²) in [6.07, 6.45) is 2.92. The molecule has 0 spiro atoms. The van der Waals surface area contributed by atoms with Gasteiger partial charge < -0.3 is 4.74 Å². The molecule has 0 aliphatic rings. The normalized spacial score (nSPS) is 10.8. The molecule has 0 saturated carbocycles.